The number of benzene rings is 1. The maximum absolute atomic E-state index is 14.0. The summed E-state index contributed by atoms with van der Waals surface area (Å²) in [5.41, 5.74) is 2.22. The Morgan fingerprint density at radius 1 is 1.07 bits per heavy atom. The molecule has 11 nitrogen and oxygen atoms in total. The number of aromatic nitrogens is 7. The third-order valence-corrected chi connectivity index (χ3v) is 8.17. The van der Waals surface area contributed by atoms with E-state index in [2.05, 4.69) is 25.7 Å². The van der Waals surface area contributed by atoms with Gasteiger partial charge in [-0.1, -0.05) is 41.8 Å². The van der Waals surface area contributed by atoms with Gasteiger partial charge in [0, 0.05) is 39.9 Å². The second-order valence-corrected chi connectivity index (χ2v) is 11.4. The van der Waals surface area contributed by atoms with Crippen molar-refractivity contribution in [3.63, 3.8) is 0 Å². The van der Waals surface area contributed by atoms with Crippen LogP contribution in [0.3, 0.4) is 0 Å². The largest absolute Gasteiger partial charge is 0.495 e. The molecule has 6 rings (SSSR count). The molecule has 1 amide bonds. The van der Waals surface area contributed by atoms with Gasteiger partial charge in [0.05, 0.1) is 54.5 Å². The molecule has 0 saturated carbocycles. The summed E-state index contributed by atoms with van der Waals surface area (Å²) in [6.07, 6.45) is 7.29. The van der Waals surface area contributed by atoms with Gasteiger partial charge in [0.2, 0.25) is 5.91 Å². The molecule has 5 aromatic rings. The van der Waals surface area contributed by atoms with Gasteiger partial charge in [-0.2, -0.15) is 13.9 Å². The molecule has 0 unspecified atom stereocenters. The van der Waals surface area contributed by atoms with Crippen LogP contribution in [0.1, 0.15) is 44.5 Å². The number of anilines is 1. The molecule has 5 heterocycles. The average molecular weight is 655 g/mol. The number of pyridine rings is 2. The van der Waals surface area contributed by atoms with E-state index >= 15 is 0 Å². The van der Waals surface area contributed by atoms with Gasteiger partial charge < -0.3 is 14.6 Å². The highest BCUT2D eigenvalue weighted by Gasteiger charge is 2.27. The topological polar surface area (TPSA) is 122 Å². The normalized spacial score (nSPS) is 16.9. The van der Waals surface area contributed by atoms with Crippen molar-refractivity contribution in [2.75, 3.05) is 12.4 Å². The number of rotatable bonds is 5. The van der Waals surface area contributed by atoms with Crippen LogP contribution in [-0.4, -0.2) is 47.3 Å². The molecule has 2 bridgehead atoms. The van der Waals surface area contributed by atoms with E-state index in [9.17, 15) is 18.4 Å². The molecule has 1 aliphatic rings. The molecule has 0 saturated heterocycles. The van der Waals surface area contributed by atoms with Crippen LogP contribution in [-0.2, 0) is 4.79 Å². The highest BCUT2D eigenvalue weighted by atomic mass is 35.5. The monoisotopic (exact) mass is 654 g/mol. The standard InChI is InChI=1S/C30H26Cl2F2N8O3/c1-16-4-3-5-24(21-10-17(8-9-35-21)28-22(37-29(16)44)13-36-42(28)30(33)34)40-14-25(45-2)20(12-27(40)43)19-11-18(31)6-7-23(19)41-15-26(32)38-39-41/h6-16,24,30H,3-5H2,1-2H3,(H,37,44)/t16-,24+/m1/s1. The van der Waals surface area contributed by atoms with Crippen LogP contribution in [0, 0.1) is 5.92 Å². The smallest absolute Gasteiger partial charge is 0.333 e. The molecule has 1 aromatic carbocycles. The van der Waals surface area contributed by atoms with E-state index in [-0.39, 0.29) is 28.0 Å². The molecule has 0 spiro atoms. The first-order valence-corrected chi connectivity index (χ1v) is 14.7. The van der Waals surface area contributed by atoms with Crippen molar-refractivity contribution < 1.29 is 18.3 Å². The van der Waals surface area contributed by atoms with Gasteiger partial charge in [0.25, 0.3) is 5.56 Å². The maximum atomic E-state index is 14.0. The fourth-order valence-corrected chi connectivity index (χ4v) is 5.83. The van der Waals surface area contributed by atoms with E-state index in [1.807, 2.05) is 0 Å². The first kappa shape index (κ1) is 30.4. The first-order valence-electron chi connectivity index (χ1n) is 14.0. The third kappa shape index (κ3) is 5.92. The second-order valence-electron chi connectivity index (χ2n) is 10.6. The van der Waals surface area contributed by atoms with Crippen LogP contribution >= 0.6 is 23.2 Å². The minimum atomic E-state index is -2.95. The Morgan fingerprint density at radius 3 is 2.62 bits per heavy atom. The predicted octanol–water partition coefficient (Wildman–Crippen LogP) is 6.41. The summed E-state index contributed by atoms with van der Waals surface area (Å²) in [6.45, 7) is -1.19. The minimum absolute atomic E-state index is 0.0375. The lowest BCUT2D eigenvalue weighted by atomic mass is 9.96. The summed E-state index contributed by atoms with van der Waals surface area (Å²) in [5, 5.41) is 15.1. The van der Waals surface area contributed by atoms with E-state index in [1.54, 1.807) is 43.5 Å². The van der Waals surface area contributed by atoms with E-state index < -0.39 is 18.5 Å². The molecule has 0 fully saturated rings. The fraction of sp³-hybridized carbons (Fsp3) is 0.267. The van der Waals surface area contributed by atoms with Gasteiger partial charge in [0.1, 0.15) is 5.75 Å². The van der Waals surface area contributed by atoms with Crippen molar-refractivity contribution in [3.05, 3.63) is 87.4 Å². The zero-order valence-electron chi connectivity index (χ0n) is 24.0. The van der Waals surface area contributed by atoms with Gasteiger partial charge in [0.15, 0.2) is 5.15 Å². The number of ether oxygens (including phenoxy) is 1. The summed E-state index contributed by atoms with van der Waals surface area (Å²) in [5.74, 6) is -0.387. The van der Waals surface area contributed by atoms with E-state index in [0.717, 1.165) is 0 Å². The second kappa shape index (κ2) is 12.4. The zero-order valence-corrected chi connectivity index (χ0v) is 25.5. The first-order chi connectivity index (χ1) is 21.6. The molecular weight excluding hydrogens is 629 g/mol. The van der Waals surface area contributed by atoms with Gasteiger partial charge in [-0.25, -0.2) is 9.36 Å². The Labute approximate surface area is 265 Å². The highest BCUT2D eigenvalue weighted by Crippen LogP contribution is 2.38. The van der Waals surface area contributed by atoms with Crippen molar-refractivity contribution in [2.45, 2.75) is 38.8 Å². The quantitative estimate of drug-likeness (QED) is 0.232. The van der Waals surface area contributed by atoms with Crippen LogP contribution in [0.15, 0.2) is 66.0 Å². The number of halogens is 4. The molecule has 232 valence electrons. The van der Waals surface area contributed by atoms with Crippen LogP contribution in [0.2, 0.25) is 10.2 Å². The Morgan fingerprint density at radius 2 is 1.89 bits per heavy atom. The molecule has 1 aliphatic heterocycles. The van der Waals surface area contributed by atoms with Crippen molar-refractivity contribution in [1.82, 2.24) is 34.3 Å². The SMILES string of the molecule is COc1cn([C@H]2CCC[C@@H](C)C(=O)Nc3cnn(C(F)F)c3-c3ccnc2c3)c(=O)cc1-c1cc(Cl)ccc1-n1cc(Cl)nn1. The number of nitrogens with zero attached hydrogens (tertiary/aromatic N) is 7. The number of amides is 1. The summed E-state index contributed by atoms with van der Waals surface area (Å²) in [4.78, 5) is 31.4. The van der Waals surface area contributed by atoms with E-state index in [4.69, 9.17) is 27.9 Å². The van der Waals surface area contributed by atoms with Crippen molar-refractivity contribution >= 4 is 34.8 Å². The lowest BCUT2D eigenvalue weighted by molar-refractivity contribution is -0.119. The molecular formula is C30H26Cl2F2N8O3. The predicted molar refractivity (Wildman–Crippen MR) is 164 cm³/mol. The minimum Gasteiger partial charge on any atom is -0.495 e. The maximum Gasteiger partial charge on any atom is 0.333 e. The van der Waals surface area contributed by atoms with E-state index in [1.165, 1.54) is 41.0 Å². The number of fused-ring (bicyclic) bond motifs is 4. The molecule has 0 aliphatic carbocycles. The van der Waals surface area contributed by atoms with Crippen LogP contribution < -0.4 is 15.6 Å². The zero-order chi connectivity index (χ0) is 31.8. The number of hydrogen-bond acceptors (Lipinski definition) is 7. The Kier molecular flexibility index (Phi) is 8.38. The fourth-order valence-electron chi connectivity index (χ4n) is 5.53. The number of carbonyl (C=O) groups excluding carboxylic acids is 1. The number of nitrogens with one attached hydrogen (secondary N) is 1. The number of methoxy groups -OCH3 is 1. The summed E-state index contributed by atoms with van der Waals surface area (Å²) >= 11 is 12.4. The number of carbonyl (C=O) groups is 1. The number of hydrogen-bond donors (Lipinski definition) is 1. The van der Waals surface area contributed by atoms with Gasteiger partial charge in [-0.05, 0) is 43.2 Å². The van der Waals surface area contributed by atoms with Gasteiger partial charge >= 0.3 is 6.55 Å². The Bertz CT molecular complexity index is 1960. The van der Waals surface area contributed by atoms with Gasteiger partial charge in [-0.3, -0.25) is 14.6 Å². The van der Waals surface area contributed by atoms with Crippen LogP contribution in [0.4, 0.5) is 14.5 Å². The van der Waals surface area contributed by atoms with E-state index in [0.29, 0.717) is 62.8 Å². The lowest BCUT2D eigenvalue weighted by Crippen LogP contribution is -2.27. The average Bonchev–Trinajstić information content (AvgIpc) is 3.65. The molecule has 45 heavy (non-hydrogen) atoms. The van der Waals surface area contributed by atoms with Crippen molar-refractivity contribution in [1.29, 1.82) is 0 Å². The Hall–Kier alpha value is -4.62. The number of alkyl halides is 2. The molecule has 15 heteroatoms. The summed E-state index contributed by atoms with van der Waals surface area (Å²) < 4.78 is 37.3. The van der Waals surface area contributed by atoms with Crippen LogP contribution in [0.5, 0.6) is 5.75 Å². The van der Waals surface area contributed by atoms with Crippen LogP contribution in [0.25, 0.3) is 28.1 Å². The molecule has 4 aromatic heterocycles. The third-order valence-electron chi connectivity index (χ3n) is 7.76. The summed E-state index contributed by atoms with van der Waals surface area (Å²) in [7, 11) is 1.48. The molecule has 1 N–H and O–H groups in total. The molecule has 2 atom stereocenters. The highest BCUT2D eigenvalue weighted by molar-refractivity contribution is 6.31. The van der Waals surface area contributed by atoms with Crippen molar-refractivity contribution in [2.24, 2.45) is 5.92 Å². The van der Waals surface area contributed by atoms with Gasteiger partial charge in [-0.15, -0.1) is 5.10 Å². The molecule has 0 radical (unpaired) electrons. The van der Waals surface area contributed by atoms with Crippen molar-refractivity contribution in [3.8, 4) is 33.8 Å². The Balaban J connectivity index is 1.50. The lowest BCUT2D eigenvalue weighted by Gasteiger charge is -2.24. The summed E-state index contributed by atoms with van der Waals surface area (Å²) in [6, 6.07) is 9.11.